The fourth-order valence-corrected chi connectivity index (χ4v) is 0.363. The first-order chi connectivity index (χ1) is 5.16. The number of ether oxygens (including phenoxy) is 1. The van der Waals surface area contributed by atoms with Gasteiger partial charge >= 0.3 is 11.9 Å². The van der Waals surface area contributed by atoms with Crippen LogP contribution in [0.2, 0.25) is 0 Å². The number of hydrogen-bond donors (Lipinski definition) is 1. The van der Waals surface area contributed by atoms with Gasteiger partial charge in [-0.1, -0.05) is 5.92 Å². The predicted octanol–water partition coefficient (Wildman–Crippen LogP) is 0.0276. The van der Waals surface area contributed by atoms with Gasteiger partial charge in [0.25, 0.3) is 0 Å². The van der Waals surface area contributed by atoms with Crippen LogP contribution in [0.15, 0.2) is 0 Å². The molecular weight excluding hydrogens is 148 g/mol. The summed E-state index contributed by atoms with van der Waals surface area (Å²) >= 11 is 0. The quantitative estimate of drug-likeness (QED) is 0.355. The Morgan fingerprint density at radius 3 is 2.64 bits per heavy atom. The van der Waals surface area contributed by atoms with Crippen molar-refractivity contribution in [2.45, 2.75) is 13.3 Å². The maximum absolute atomic E-state index is 10.5. The maximum atomic E-state index is 10.5. The molecule has 0 aromatic heterocycles. The van der Waals surface area contributed by atoms with Gasteiger partial charge in [-0.25, -0.2) is 0 Å². The highest BCUT2D eigenvalue weighted by molar-refractivity contribution is 5.90. The molecule has 0 heterocycles. The number of carboxylic acids is 1. The van der Waals surface area contributed by atoms with Crippen molar-refractivity contribution in [3.63, 3.8) is 0 Å². The highest BCUT2D eigenvalue weighted by Gasteiger charge is 2.06. The van der Waals surface area contributed by atoms with E-state index in [-0.39, 0.29) is 6.61 Å². The highest BCUT2D eigenvalue weighted by Crippen LogP contribution is 1.84. The molecule has 0 atom stereocenters. The molecule has 0 spiro atoms. The number of carbonyl (C=O) groups excluding carboxylic acids is 1. The van der Waals surface area contributed by atoms with Gasteiger partial charge in [0.15, 0.2) is 6.61 Å². The molecule has 0 saturated heterocycles. The standard InChI is InChI=1S/C7H8O4/c1-2-3-4-11-7(10)5-6(8)9/h4-5H2,1H3,(H,8,9). The summed E-state index contributed by atoms with van der Waals surface area (Å²) in [5, 5.41) is 8.10. The van der Waals surface area contributed by atoms with E-state index in [1.165, 1.54) is 0 Å². The smallest absolute Gasteiger partial charge is 0.318 e. The average molecular weight is 156 g/mol. The predicted molar refractivity (Wildman–Crippen MR) is 36.7 cm³/mol. The van der Waals surface area contributed by atoms with Crippen LogP contribution in [0, 0.1) is 11.8 Å². The molecule has 0 rings (SSSR count). The van der Waals surface area contributed by atoms with E-state index in [1.807, 2.05) is 0 Å². The molecule has 0 aliphatic heterocycles. The Kier molecular flexibility index (Phi) is 4.58. The van der Waals surface area contributed by atoms with Crippen LogP contribution in [0.1, 0.15) is 13.3 Å². The first-order valence-corrected chi connectivity index (χ1v) is 2.94. The van der Waals surface area contributed by atoms with Gasteiger partial charge in [0, 0.05) is 0 Å². The SMILES string of the molecule is CC#CCOC(=O)CC(=O)O. The van der Waals surface area contributed by atoms with Crippen molar-refractivity contribution in [3.8, 4) is 11.8 Å². The number of rotatable bonds is 3. The summed E-state index contributed by atoms with van der Waals surface area (Å²) in [6.07, 6.45) is -0.606. The summed E-state index contributed by atoms with van der Waals surface area (Å²) < 4.78 is 4.40. The Morgan fingerprint density at radius 1 is 1.55 bits per heavy atom. The molecule has 0 aliphatic rings. The van der Waals surface area contributed by atoms with Gasteiger partial charge in [-0.05, 0) is 6.92 Å². The zero-order chi connectivity index (χ0) is 8.69. The molecule has 4 heteroatoms. The Morgan fingerprint density at radius 2 is 2.18 bits per heavy atom. The van der Waals surface area contributed by atoms with Crippen LogP contribution in [0.4, 0.5) is 0 Å². The van der Waals surface area contributed by atoms with Gasteiger partial charge in [0.2, 0.25) is 0 Å². The first-order valence-electron chi connectivity index (χ1n) is 2.94. The van der Waals surface area contributed by atoms with E-state index in [0.717, 1.165) is 0 Å². The van der Waals surface area contributed by atoms with Crippen molar-refractivity contribution >= 4 is 11.9 Å². The van der Waals surface area contributed by atoms with Crippen LogP contribution in [-0.4, -0.2) is 23.7 Å². The summed E-state index contributed by atoms with van der Waals surface area (Å²) in [6.45, 7) is 1.56. The van der Waals surface area contributed by atoms with Crippen LogP contribution in [0.25, 0.3) is 0 Å². The van der Waals surface area contributed by atoms with E-state index >= 15 is 0 Å². The molecule has 0 aromatic carbocycles. The molecule has 1 N–H and O–H groups in total. The van der Waals surface area contributed by atoms with Gasteiger partial charge in [0.05, 0.1) is 0 Å². The molecule has 60 valence electrons. The third-order valence-electron chi connectivity index (χ3n) is 0.778. The van der Waals surface area contributed by atoms with Crippen molar-refractivity contribution in [3.05, 3.63) is 0 Å². The maximum Gasteiger partial charge on any atom is 0.318 e. The van der Waals surface area contributed by atoms with E-state index in [1.54, 1.807) is 6.92 Å². The molecule has 0 saturated carbocycles. The zero-order valence-corrected chi connectivity index (χ0v) is 6.09. The van der Waals surface area contributed by atoms with Crippen LogP contribution >= 0.6 is 0 Å². The molecule has 0 bridgehead atoms. The van der Waals surface area contributed by atoms with Crippen molar-refractivity contribution in [1.29, 1.82) is 0 Å². The van der Waals surface area contributed by atoms with Crippen molar-refractivity contribution in [1.82, 2.24) is 0 Å². The summed E-state index contributed by atoms with van der Waals surface area (Å²) in [6, 6.07) is 0. The number of esters is 1. The third-order valence-corrected chi connectivity index (χ3v) is 0.778. The van der Waals surface area contributed by atoms with Gasteiger partial charge in [0.1, 0.15) is 6.42 Å². The molecular formula is C7H8O4. The molecule has 0 radical (unpaired) electrons. The van der Waals surface area contributed by atoms with Crippen LogP contribution in [0.5, 0.6) is 0 Å². The Hall–Kier alpha value is -1.50. The lowest BCUT2D eigenvalue weighted by Gasteiger charge is -1.95. The summed E-state index contributed by atoms with van der Waals surface area (Å²) in [7, 11) is 0. The molecule has 4 nitrogen and oxygen atoms in total. The minimum absolute atomic E-state index is 0.0391. The topological polar surface area (TPSA) is 63.6 Å². The normalized spacial score (nSPS) is 7.73. The van der Waals surface area contributed by atoms with Gasteiger partial charge < -0.3 is 9.84 Å². The summed E-state index contributed by atoms with van der Waals surface area (Å²) in [5.74, 6) is 3.01. The second kappa shape index (κ2) is 5.30. The lowest BCUT2D eigenvalue weighted by molar-refractivity contribution is -0.150. The van der Waals surface area contributed by atoms with Crippen LogP contribution in [0.3, 0.4) is 0 Å². The summed E-state index contributed by atoms with van der Waals surface area (Å²) in [4.78, 5) is 20.4. The number of carbonyl (C=O) groups is 2. The Labute approximate surface area is 64.2 Å². The van der Waals surface area contributed by atoms with Crippen LogP contribution < -0.4 is 0 Å². The van der Waals surface area contributed by atoms with E-state index in [9.17, 15) is 9.59 Å². The lowest BCUT2D eigenvalue weighted by atomic mass is 10.4. The molecule has 0 amide bonds. The Balaban J connectivity index is 3.51. The monoisotopic (exact) mass is 156 g/mol. The number of carboxylic acid groups (broad SMARTS) is 1. The third kappa shape index (κ3) is 6.38. The highest BCUT2D eigenvalue weighted by atomic mass is 16.5. The van der Waals surface area contributed by atoms with Crippen molar-refractivity contribution in [2.75, 3.05) is 6.61 Å². The fourth-order valence-electron chi connectivity index (χ4n) is 0.363. The molecule has 0 aliphatic carbocycles. The minimum atomic E-state index is -1.19. The molecule has 0 fully saturated rings. The van der Waals surface area contributed by atoms with Gasteiger partial charge in [-0.15, -0.1) is 5.92 Å². The van der Waals surface area contributed by atoms with Crippen molar-refractivity contribution in [2.24, 2.45) is 0 Å². The molecule has 0 unspecified atom stereocenters. The summed E-state index contributed by atoms with van der Waals surface area (Å²) in [5.41, 5.74) is 0. The zero-order valence-electron chi connectivity index (χ0n) is 6.09. The van der Waals surface area contributed by atoms with E-state index in [4.69, 9.17) is 5.11 Å². The van der Waals surface area contributed by atoms with Crippen molar-refractivity contribution < 1.29 is 19.4 Å². The minimum Gasteiger partial charge on any atom is -0.481 e. The van der Waals surface area contributed by atoms with Gasteiger partial charge in [-0.2, -0.15) is 0 Å². The second-order valence-electron chi connectivity index (χ2n) is 1.66. The second-order valence-corrected chi connectivity index (χ2v) is 1.66. The lowest BCUT2D eigenvalue weighted by Crippen LogP contribution is -2.10. The van der Waals surface area contributed by atoms with E-state index in [0.29, 0.717) is 0 Å². The number of hydrogen-bond acceptors (Lipinski definition) is 3. The average Bonchev–Trinajstić information content (AvgIpc) is 1.86. The molecule has 11 heavy (non-hydrogen) atoms. The Bertz CT molecular complexity index is 208. The van der Waals surface area contributed by atoms with E-state index in [2.05, 4.69) is 16.6 Å². The first kappa shape index (κ1) is 9.50. The molecule has 0 aromatic rings. The van der Waals surface area contributed by atoms with E-state index < -0.39 is 18.4 Å². The number of aliphatic carboxylic acids is 1. The van der Waals surface area contributed by atoms with Crippen LogP contribution in [-0.2, 0) is 14.3 Å². The fraction of sp³-hybridized carbons (Fsp3) is 0.429. The largest absolute Gasteiger partial charge is 0.481 e. The van der Waals surface area contributed by atoms with Gasteiger partial charge in [-0.3, -0.25) is 9.59 Å².